The molecule has 0 amide bonds. The van der Waals surface area contributed by atoms with E-state index >= 15 is 0 Å². The van der Waals surface area contributed by atoms with Crippen LogP contribution in [0.4, 0.5) is 5.69 Å². The van der Waals surface area contributed by atoms with Gasteiger partial charge in [-0.25, -0.2) is 9.67 Å². The Morgan fingerprint density at radius 1 is 1.47 bits per heavy atom. The topological polar surface area (TPSA) is 94.0 Å². The molecule has 1 atom stereocenters. The Hall–Kier alpha value is -2.37. The second-order valence-electron chi connectivity index (χ2n) is 4.68. The largest absolute Gasteiger partial charge is 0.481 e. The Morgan fingerprint density at radius 3 is 3.05 bits per heavy atom. The summed E-state index contributed by atoms with van der Waals surface area (Å²) in [6.45, 7) is 0.717. The highest BCUT2D eigenvalue weighted by atomic mass is 16.4. The van der Waals surface area contributed by atoms with Crippen LogP contribution in [-0.4, -0.2) is 25.8 Å². The first-order valence-electron chi connectivity index (χ1n) is 6.18. The van der Waals surface area contributed by atoms with Gasteiger partial charge in [0.05, 0.1) is 0 Å². The number of nitrogen functional groups attached to an aromatic ring is 1. The number of aryl methyl sites for hydroxylation is 1. The quantitative estimate of drug-likeness (QED) is 0.796. The molecule has 0 bridgehead atoms. The molecule has 0 spiro atoms. The third kappa shape index (κ3) is 2.05. The molecule has 3 rings (SSSR count). The van der Waals surface area contributed by atoms with Gasteiger partial charge in [-0.3, -0.25) is 4.79 Å². The molecule has 98 valence electrons. The third-order valence-corrected chi connectivity index (χ3v) is 3.32. The van der Waals surface area contributed by atoms with Gasteiger partial charge >= 0.3 is 5.97 Å². The van der Waals surface area contributed by atoms with Crippen molar-refractivity contribution in [3.63, 3.8) is 0 Å². The van der Waals surface area contributed by atoms with E-state index in [2.05, 4.69) is 10.1 Å². The number of carboxylic acids is 1. The molecule has 0 fully saturated rings. The molecule has 1 unspecified atom stereocenters. The number of rotatable bonds is 2. The van der Waals surface area contributed by atoms with Crippen LogP contribution in [0.25, 0.3) is 11.4 Å². The van der Waals surface area contributed by atoms with Gasteiger partial charge < -0.3 is 10.8 Å². The van der Waals surface area contributed by atoms with Gasteiger partial charge in [-0.1, -0.05) is 12.1 Å². The van der Waals surface area contributed by atoms with Gasteiger partial charge in [0, 0.05) is 17.8 Å². The highest BCUT2D eigenvalue weighted by Gasteiger charge is 2.29. The molecule has 2 heterocycles. The van der Waals surface area contributed by atoms with Crippen LogP contribution in [0.2, 0.25) is 0 Å². The Labute approximate surface area is 109 Å². The van der Waals surface area contributed by atoms with Crippen LogP contribution in [0.5, 0.6) is 0 Å². The molecule has 1 aliphatic rings. The van der Waals surface area contributed by atoms with E-state index in [1.54, 1.807) is 16.8 Å². The lowest BCUT2D eigenvalue weighted by atomic mass is 10.00. The van der Waals surface area contributed by atoms with E-state index in [1.807, 2.05) is 12.1 Å². The Kier molecular flexibility index (Phi) is 2.70. The molecule has 0 radical (unpaired) electrons. The Morgan fingerprint density at radius 2 is 2.32 bits per heavy atom. The first kappa shape index (κ1) is 11.7. The number of aliphatic carboxylic acids is 1. The molecule has 1 aromatic carbocycles. The predicted molar refractivity (Wildman–Crippen MR) is 69.5 cm³/mol. The fourth-order valence-corrected chi connectivity index (χ4v) is 2.38. The Balaban J connectivity index is 2.04. The fraction of sp³-hybridized carbons (Fsp3) is 0.308. The van der Waals surface area contributed by atoms with E-state index in [0.29, 0.717) is 30.3 Å². The maximum atomic E-state index is 11.2. The van der Waals surface area contributed by atoms with Crippen molar-refractivity contribution in [1.29, 1.82) is 0 Å². The molecule has 1 aliphatic heterocycles. The van der Waals surface area contributed by atoms with Gasteiger partial charge in [-0.15, -0.1) is 0 Å². The molecule has 0 aliphatic carbocycles. The third-order valence-electron chi connectivity index (χ3n) is 3.32. The van der Waals surface area contributed by atoms with Crippen molar-refractivity contribution in [3.05, 3.63) is 30.1 Å². The lowest BCUT2D eigenvalue weighted by Gasteiger charge is -2.17. The van der Waals surface area contributed by atoms with Gasteiger partial charge in [-0.2, -0.15) is 5.10 Å². The first-order chi connectivity index (χ1) is 9.15. The number of benzene rings is 1. The number of anilines is 1. The normalized spacial score (nSPS) is 18.0. The van der Waals surface area contributed by atoms with Crippen LogP contribution >= 0.6 is 0 Å². The number of fused-ring (bicyclic) bond motifs is 1. The number of hydrogen-bond donors (Lipinski definition) is 2. The van der Waals surface area contributed by atoms with Gasteiger partial charge in [0.15, 0.2) is 5.82 Å². The fourth-order valence-electron chi connectivity index (χ4n) is 2.38. The van der Waals surface area contributed by atoms with Gasteiger partial charge in [0.2, 0.25) is 0 Å². The summed E-state index contributed by atoms with van der Waals surface area (Å²) in [6, 6.07) is 7.28. The van der Waals surface area contributed by atoms with Crippen molar-refractivity contribution < 1.29 is 9.90 Å². The van der Waals surface area contributed by atoms with Crippen LogP contribution in [0, 0.1) is 0 Å². The monoisotopic (exact) mass is 258 g/mol. The minimum absolute atomic E-state index is 0.537. The average Bonchev–Trinajstić information content (AvgIpc) is 2.82. The maximum absolute atomic E-state index is 11.2. The molecule has 0 saturated heterocycles. The number of nitrogens with zero attached hydrogens (tertiary/aromatic N) is 3. The van der Waals surface area contributed by atoms with Crippen LogP contribution in [0.3, 0.4) is 0 Å². The second kappa shape index (κ2) is 4.38. The van der Waals surface area contributed by atoms with E-state index < -0.39 is 11.9 Å². The number of carboxylic acid groups (broad SMARTS) is 1. The first-order valence-corrected chi connectivity index (χ1v) is 6.18. The molecular weight excluding hydrogens is 244 g/mol. The molecule has 2 aromatic rings. The van der Waals surface area contributed by atoms with Crippen LogP contribution in [0.1, 0.15) is 24.6 Å². The van der Waals surface area contributed by atoms with E-state index in [9.17, 15) is 9.90 Å². The zero-order chi connectivity index (χ0) is 13.4. The minimum atomic E-state index is -0.840. The summed E-state index contributed by atoms with van der Waals surface area (Å²) in [6.07, 6.45) is 1.42. The number of aromatic nitrogens is 3. The van der Waals surface area contributed by atoms with Crippen LogP contribution in [-0.2, 0) is 11.3 Å². The zero-order valence-corrected chi connectivity index (χ0v) is 10.3. The van der Waals surface area contributed by atoms with Crippen molar-refractivity contribution in [1.82, 2.24) is 14.8 Å². The number of hydrogen-bond acceptors (Lipinski definition) is 4. The summed E-state index contributed by atoms with van der Waals surface area (Å²) in [7, 11) is 0. The lowest BCUT2D eigenvalue weighted by Crippen LogP contribution is -2.22. The van der Waals surface area contributed by atoms with Crippen molar-refractivity contribution in [2.24, 2.45) is 0 Å². The number of carbonyl (C=O) groups is 1. The van der Waals surface area contributed by atoms with Gasteiger partial charge in [0.25, 0.3) is 0 Å². The molecule has 3 N–H and O–H groups in total. The summed E-state index contributed by atoms with van der Waals surface area (Å²) in [4.78, 5) is 15.6. The molecule has 6 heteroatoms. The van der Waals surface area contributed by atoms with E-state index in [4.69, 9.17) is 5.73 Å². The smallest absolute Gasteiger partial charge is 0.314 e. The predicted octanol–water partition coefficient (Wildman–Crippen LogP) is 1.49. The Bertz CT molecular complexity index is 635. The zero-order valence-electron chi connectivity index (χ0n) is 10.3. The van der Waals surface area contributed by atoms with Crippen molar-refractivity contribution in [2.45, 2.75) is 25.3 Å². The molecule has 19 heavy (non-hydrogen) atoms. The molecule has 1 aromatic heterocycles. The highest BCUT2D eigenvalue weighted by molar-refractivity contribution is 5.75. The van der Waals surface area contributed by atoms with Crippen molar-refractivity contribution in [3.8, 4) is 11.4 Å². The average molecular weight is 258 g/mol. The van der Waals surface area contributed by atoms with Gasteiger partial charge in [0.1, 0.15) is 11.7 Å². The van der Waals surface area contributed by atoms with Gasteiger partial charge in [-0.05, 0) is 25.0 Å². The molecule has 0 saturated carbocycles. The minimum Gasteiger partial charge on any atom is -0.481 e. The van der Waals surface area contributed by atoms with Crippen molar-refractivity contribution in [2.75, 3.05) is 5.73 Å². The highest BCUT2D eigenvalue weighted by Crippen LogP contribution is 2.28. The molecule has 6 nitrogen and oxygen atoms in total. The number of nitrogens with two attached hydrogens (primary N) is 1. The summed E-state index contributed by atoms with van der Waals surface area (Å²) in [5.41, 5.74) is 7.19. The van der Waals surface area contributed by atoms with Crippen LogP contribution in [0.15, 0.2) is 24.3 Å². The lowest BCUT2D eigenvalue weighted by molar-refractivity contribution is -0.139. The van der Waals surface area contributed by atoms with E-state index in [0.717, 1.165) is 12.0 Å². The van der Waals surface area contributed by atoms with Crippen molar-refractivity contribution >= 4 is 11.7 Å². The molecular formula is C13H14N4O2. The standard InChI is InChI=1S/C13H14N4O2/c14-9-4-1-3-8(7-9)11-15-12-10(13(18)19)5-2-6-17(12)16-11/h1,3-4,7,10H,2,5-6,14H2,(H,18,19). The second-order valence-corrected chi connectivity index (χ2v) is 4.68. The summed E-state index contributed by atoms with van der Waals surface area (Å²) in [5, 5.41) is 13.6. The van der Waals surface area contributed by atoms with E-state index in [-0.39, 0.29) is 0 Å². The summed E-state index contributed by atoms with van der Waals surface area (Å²) in [5.74, 6) is -0.324. The summed E-state index contributed by atoms with van der Waals surface area (Å²) >= 11 is 0. The SMILES string of the molecule is Nc1cccc(-c2nc3n(n2)CCCC3C(=O)O)c1. The maximum Gasteiger partial charge on any atom is 0.314 e. The van der Waals surface area contributed by atoms with Crippen LogP contribution < -0.4 is 5.73 Å². The summed E-state index contributed by atoms with van der Waals surface area (Å²) < 4.78 is 1.70. The van der Waals surface area contributed by atoms with E-state index in [1.165, 1.54) is 0 Å².